The average Bonchev–Trinajstić information content (AvgIpc) is 2.70. The van der Waals surface area contributed by atoms with Crippen molar-refractivity contribution in [1.82, 2.24) is 5.32 Å². The normalized spacial score (nSPS) is 11.6. The van der Waals surface area contributed by atoms with Crippen LogP contribution in [0.3, 0.4) is 0 Å². The summed E-state index contributed by atoms with van der Waals surface area (Å²) >= 11 is 0. The van der Waals surface area contributed by atoms with E-state index in [1.54, 1.807) is 6.08 Å². The molecule has 1 amide bonds. The van der Waals surface area contributed by atoms with Crippen LogP contribution in [0.2, 0.25) is 0 Å². The van der Waals surface area contributed by atoms with Crippen LogP contribution in [-0.4, -0.2) is 25.0 Å². The van der Waals surface area contributed by atoms with Crippen molar-refractivity contribution in [3.8, 4) is 5.75 Å². The number of hydrogen-bond acceptors (Lipinski definition) is 4. The minimum absolute atomic E-state index is 0.176. The van der Waals surface area contributed by atoms with Crippen molar-refractivity contribution in [2.45, 2.75) is 26.9 Å². The highest BCUT2D eigenvalue weighted by Crippen LogP contribution is 2.21. The number of carbonyl (C=O) groups excluding carboxylic acids is 2. The van der Waals surface area contributed by atoms with Gasteiger partial charge in [-0.1, -0.05) is 48.0 Å². The lowest BCUT2D eigenvalue weighted by Crippen LogP contribution is -2.28. The van der Waals surface area contributed by atoms with E-state index >= 15 is 0 Å². The van der Waals surface area contributed by atoms with Crippen LogP contribution in [0.15, 0.2) is 72.3 Å². The van der Waals surface area contributed by atoms with Gasteiger partial charge in [-0.05, 0) is 49.3 Å². The fourth-order valence-electron chi connectivity index (χ4n) is 2.50. The van der Waals surface area contributed by atoms with Crippen LogP contribution in [0.25, 0.3) is 6.08 Å². The molecule has 0 aliphatic heterocycles. The number of rotatable bonds is 9. The number of hydrogen-bond donors (Lipinski definition) is 1. The van der Waals surface area contributed by atoms with Gasteiger partial charge in [0.05, 0.1) is 6.54 Å². The highest BCUT2D eigenvalue weighted by atomic mass is 16.5. The van der Waals surface area contributed by atoms with Crippen LogP contribution in [0.5, 0.6) is 5.75 Å². The van der Waals surface area contributed by atoms with E-state index in [1.165, 1.54) is 18.6 Å². The number of allylic oxidation sites excluding steroid dienone is 1. The fourth-order valence-corrected chi connectivity index (χ4v) is 2.50. The molecule has 0 unspecified atom stereocenters. The summed E-state index contributed by atoms with van der Waals surface area (Å²) < 4.78 is 11.0. The number of amides is 1. The first-order valence-electron chi connectivity index (χ1n) is 9.48. The number of ether oxygens (including phenoxy) is 2. The Kier molecular flexibility index (Phi) is 8.70. The molecular formula is C24H27NO4. The molecule has 0 aliphatic carbocycles. The standard InChI is InChI=1S/C24H27NO4/c1-18(2)15-16-28-22-12-10-21(11-13-22)23(29-19(3)26)17-25-24(27)14-9-20-7-5-4-6-8-20/h4-15,23H,16-17H2,1-3H3,(H,25,27)/t23-/m0/s1. The summed E-state index contributed by atoms with van der Waals surface area (Å²) in [4.78, 5) is 23.6. The Hall–Kier alpha value is -3.34. The Morgan fingerprint density at radius 3 is 2.31 bits per heavy atom. The number of nitrogens with one attached hydrogen (secondary N) is 1. The molecule has 5 heteroatoms. The maximum absolute atomic E-state index is 12.1. The van der Waals surface area contributed by atoms with Crippen molar-refractivity contribution in [1.29, 1.82) is 0 Å². The summed E-state index contributed by atoms with van der Waals surface area (Å²) in [6.45, 7) is 6.05. The SMILES string of the molecule is CC(=O)O[C@@H](CNC(=O)C=Cc1ccccc1)c1ccc(OCC=C(C)C)cc1. The van der Waals surface area contributed by atoms with E-state index in [4.69, 9.17) is 9.47 Å². The highest BCUT2D eigenvalue weighted by Gasteiger charge is 2.15. The molecule has 0 aromatic heterocycles. The average molecular weight is 393 g/mol. The predicted molar refractivity (Wildman–Crippen MR) is 114 cm³/mol. The molecule has 0 fully saturated rings. The van der Waals surface area contributed by atoms with E-state index in [2.05, 4.69) is 5.32 Å². The molecule has 0 heterocycles. The molecular weight excluding hydrogens is 366 g/mol. The van der Waals surface area contributed by atoms with Crippen LogP contribution < -0.4 is 10.1 Å². The zero-order chi connectivity index (χ0) is 21.1. The smallest absolute Gasteiger partial charge is 0.303 e. The molecule has 1 N–H and O–H groups in total. The van der Waals surface area contributed by atoms with Gasteiger partial charge in [-0.15, -0.1) is 0 Å². The largest absolute Gasteiger partial charge is 0.490 e. The zero-order valence-electron chi connectivity index (χ0n) is 17.1. The molecule has 0 aliphatic rings. The molecule has 0 spiro atoms. The zero-order valence-corrected chi connectivity index (χ0v) is 17.1. The van der Waals surface area contributed by atoms with Gasteiger partial charge < -0.3 is 14.8 Å². The monoisotopic (exact) mass is 393 g/mol. The Morgan fingerprint density at radius 1 is 1.00 bits per heavy atom. The van der Waals surface area contributed by atoms with Crippen molar-refractivity contribution in [3.05, 3.63) is 83.4 Å². The molecule has 152 valence electrons. The van der Waals surface area contributed by atoms with E-state index in [9.17, 15) is 9.59 Å². The van der Waals surface area contributed by atoms with E-state index in [1.807, 2.05) is 74.5 Å². The van der Waals surface area contributed by atoms with E-state index in [-0.39, 0.29) is 12.5 Å². The molecule has 0 saturated carbocycles. The molecule has 0 bridgehead atoms. The van der Waals surface area contributed by atoms with Gasteiger partial charge in [0.15, 0.2) is 0 Å². The van der Waals surface area contributed by atoms with Gasteiger partial charge >= 0.3 is 5.97 Å². The lowest BCUT2D eigenvalue weighted by Gasteiger charge is -2.18. The van der Waals surface area contributed by atoms with E-state index in [0.29, 0.717) is 6.61 Å². The Balaban J connectivity index is 1.96. The summed E-state index contributed by atoms with van der Waals surface area (Å²) in [5.41, 5.74) is 2.90. The Morgan fingerprint density at radius 2 is 1.69 bits per heavy atom. The fraction of sp³-hybridized carbons (Fsp3) is 0.250. The lowest BCUT2D eigenvalue weighted by molar-refractivity contribution is -0.147. The van der Waals surface area contributed by atoms with Gasteiger partial charge in [-0.25, -0.2) is 0 Å². The second kappa shape index (κ2) is 11.5. The maximum Gasteiger partial charge on any atom is 0.303 e. The van der Waals surface area contributed by atoms with Crippen LogP contribution in [0.1, 0.15) is 38.0 Å². The van der Waals surface area contributed by atoms with Crippen LogP contribution in [0.4, 0.5) is 0 Å². The minimum Gasteiger partial charge on any atom is -0.490 e. The topological polar surface area (TPSA) is 64.6 Å². The third kappa shape index (κ3) is 8.47. The summed E-state index contributed by atoms with van der Waals surface area (Å²) in [7, 11) is 0. The van der Waals surface area contributed by atoms with Gasteiger partial charge in [0.1, 0.15) is 18.5 Å². The predicted octanol–water partition coefficient (Wildman–Crippen LogP) is 4.47. The second-order valence-electron chi connectivity index (χ2n) is 6.75. The molecule has 2 aromatic rings. The van der Waals surface area contributed by atoms with Gasteiger partial charge in [0.25, 0.3) is 0 Å². The molecule has 5 nitrogen and oxygen atoms in total. The summed E-state index contributed by atoms with van der Waals surface area (Å²) in [6.07, 6.45) is 4.61. The quantitative estimate of drug-likeness (QED) is 0.388. The van der Waals surface area contributed by atoms with Crippen LogP contribution >= 0.6 is 0 Å². The molecule has 0 saturated heterocycles. The van der Waals surface area contributed by atoms with Crippen molar-refractivity contribution in [2.24, 2.45) is 0 Å². The van der Waals surface area contributed by atoms with Gasteiger partial charge in [-0.3, -0.25) is 9.59 Å². The van der Waals surface area contributed by atoms with E-state index < -0.39 is 12.1 Å². The molecule has 0 radical (unpaired) electrons. The van der Waals surface area contributed by atoms with E-state index in [0.717, 1.165) is 16.9 Å². The maximum atomic E-state index is 12.1. The number of carbonyl (C=O) groups is 2. The highest BCUT2D eigenvalue weighted by molar-refractivity contribution is 5.91. The lowest BCUT2D eigenvalue weighted by atomic mass is 10.1. The summed E-state index contributed by atoms with van der Waals surface area (Å²) in [5.74, 6) is 0.0586. The summed E-state index contributed by atoms with van der Waals surface area (Å²) in [5, 5.41) is 2.78. The summed E-state index contributed by atoms with van der Waals surface area (Å²) in [6, 6.07) is 16.8. The van der Waals surface area contributed by atoms with Gasteiger partial charge in [-0.2, -0.15) is 0 Å². The van der Waals surface area contributed by atoms with Gasteiger partial charge in [0.2, 0.25) is 5.91 Å². The van der Waals surface area contributed by atoms with Crippen molar-refractivity contribution < 1.29 is 19.1 Å². The Bertz CT molecular complexity index is 850. The first kappa shape index (κ1) is 22.0. The molecule has 29 heavy (non-hydrogen) atoms. The molecule has 1 atom stereocenters. The molecule has 2 aromatic carbocycles. The minimum atomic E-state index is -0.576. The molecule has 2 rings (SSSR count). The van der Waals surface area contributed by atoms with Crippen LogP contribution in [-0.2, 0) is 14.3 Å². The first-order valence-corrected chi connectivity index (χ1v) is 9.48. The third-order valence-electron chi connectivity index (χ3n) is 3.99. The van der Waals surface area contributed by atoms with Crippen molar-refractivity contribution in [3.63, 3.8) is 0 Å². The van der Waals surface area contributed by atoms with Gasteiger partial charge in [0, 0.05) is 13.0 Å². The number of benzene rings is 2. The van der Waals surface area contributed by atoms with Crippen LogP contribution in [0, 0.1) is 0 Å². The Labute approximate surface area is 172 Å². The third-order valence-corrected chi connectivity index (χ3v) is 3.99. The number of esters is 1. The van der Waals surface area contributed by atoms with Crippen molar-refractivity contribution >= 4 is 18.0 Å². The van der Waals surface area contributed by atoms with Crippen molar-refractivity contribution in [2.75, 3.05) is 13.2 Å². The second-order valence-corrected chi connectivity index (χ2v) is 6.75. The first-order chi connectivity index (χ1) is 13.9.